The number of carbonyl (C=O) groups excluding carboxylic acids is 1. The smallest absolute Gasteiger partial charge is 0.383 e. The van der Waals surface area contributed by atoms with Crippen LogP contribution in [0.5, 0.6) is 0 Å². The van der Waals surface area contributed by atoms with Gasteiger partial charge in [0.25, 0.3) is 0 Å². The molecule has 1 fully saturated rings. The Balaban J connectivity index is 1.28. The van der Waals surface area contributed by atoms with Gasteiger partial charge in [0.15, 0.2) is 17.2 Å². The maximum atomic E-state index is 13.4. The van der Waals surface area contributed by atoms with Crippen molar-refractivity contribution >= 4 is 40.0 Å². The zero-order valence-corrected chi connectivity index (χ0v) is 20.5. The summed E-state index contributed by atoms with van der Waals surface area (Å²) in [6.07, 6.45) is 1.99. The van der Waals surface area contributed by atoms with Crippen molar-refractivity contribution in [2.45, 2.75) is 31.0 Å². The highest BCUT2D eigenvalue weighted by molar-refractivity contribution is 6.03. The van der Waals surface area contributed by atoms with E-state index in [1.165, 1.54) is 6.33 Å². The molecule has 0 aliphatic heterocycles. The van der Waals surface area contributed by atoms with Crippen LogP contribution in [0.4, 0.5) is 35.3 Å². The largest absolute Gasteiger partial charge is 0.401 e. The summed E-state index contributed by atoms with van der Waals surface area (Å²) in [5.41, 5.74) is 7.09. The lowest BCUT2D eigenvalue weighted by Gasteiger charge is -2.15. The predicted octanol–water partition coefficient (Wildman–Crippen LogP) is 4.20. The predicted molar refractivity (Wildman–Crippen MR) is 134 cm³/mol. The average Bonchev–Trinajstić information content (AvgIpc) is 3.22. The number of nitrogens with one attached hydrogen (secondary N) is 2. The van der Waals surface area contributed by atoms with Gasteiger partial charge in [0, 0.05) is 43.9 Å². The van der Waals surface area contributed by atoms with E-state index in [0.717, 1.165) is 17.3 Å². The molecule has 39 heavy (non-hydrogen) atoms. The second-order valence-corrected chi connectivity index (χ2v) is 9.17. The molecule has 6 rings (SSSR count). The summed E-state index contributed by atoms with van der Waals surface area (Å²) in [7, 11) is 1.61. The highest BCUT2D eigenvalue weighted by Gasteiger charge is 2.66. The van der Waals surface area contributed by atoms with E-state index in [-0.39, 0.29) is 24.4 Å². The number of imidazole rings is 1. The van der Waals surface area contributed by atoms with Crippen molar-refractivity contribution < 1.29 is 27.2 Å². The quantitative estimate of drug-likeness (QED) is 0.277. The number of fused-ring (bicyclic) bond motifs is 2. The van der Waals surface area contributed by atoms with Gasteiger partial charge in [-0.1, -0.05) is 5.16 Å². The Morgan fingerprint density at radius 2 is 2.03 bits per heavy atom. The molecule has 0 saturated heterocycles. The average molecular weight is 541 g/mol. The van der Waals surface area contributed by atoms with Gasteiger partial charge >= 0.3 is 12.2 Å². The van der Waals surface area contributed by atoms with Gasteiger partial charge in [-0.05, 0) is 25.0 Å². The van der Waals surface area contributed by atoms with E-state index in [1.54, 1.807) is 36.0 Å². The van der Waals surface area contributed by atoms with E-state index in [9.17, 15) is 18.0 Å². The number of nitrogens with two attached hydrogens (primary N) is 1. The first kappa shape index (κ1) is 24.7. The van der Waals surface area contributed by atoms with Crippen molar-refractivity contribution in [2.75, 3.05) is 30.1 Å². The molecule has 0 atom stereocenters. The Hall–Kier alpha value is -4.66. The standard InChI is InChI=1S/C24H22F3N9O3/c1-38-9-8-35-11-13(18-19(28)30-12-31-21(18)35)15-3-2-14(20-29-6-7-36(15)20)32-22(37)33-17-10-16(39-34-17)23(4-5-23)24(25,26)27/h2-3,6-7,10-12H,4-5,8-9H2,1H3,(H2,28,30,31)(H2,32,33,34,37). The van der Waals surface area contributed by atoms with Crippen LogP contribution in [0.2, 0.25) is 0 Å². The van der Waals surface area contributed by atoms with Gasteiger partial charge in [-0.3, -0.25) is 9.72 Å². The van der Waals surface area contributed by atoms with Crippen LogP contribution in [-0.4, -0.2) is 55.0 Å². The third-order valence-corrected chi connectivity index (χ3v) is 6.81. The monoisotopic (exact) mass is 541 g/mol. The van der Waals surface area contributed by atoms with Gasteiger partial charge in [0.1, 0.15) is 23.2 Å². The zero-order chi connectivity index (χ0) is 27.4. The van der Waals surface area contributed by atoms with Crippen LogP contribution in [0.3, 0.4) is 0 Å². The summed E-state index contributed by atoms with van der Waals surface area (Å²) >= 11 is 0. The van der Waals surface area contributed by atoms with Gasteiger partial charge in [0.05, 0.1) is 23.4 Å². The second-order valence-electron chi connectivity index (χ2n) is 9.17. The molecule has 0 radical (unpaired) electrons. The van der Waals surface area contributed by atoms with Crippen molar-refractivity contribution in [1.29, 1.82) is 0 Å². The van der Waals surface area contributed by atoms with E-state index >= 15 is 0 Å². The number of amides is 2. The lowest BCUT2D eigenvalue weighted by molar-refractivity contribution is -0.165. The molecule has 0 spiro atoms. The number of hydrogen-bond donors (Lipinski definition) is 3. The molecule has 12 nitrogen and oxygen atoms in total. The highest BCUT2D eigenvalue weighted by Crippen LogP contribution is 2.59. The molecular formula is C24H22F3N9O3. The number of anilines is 3. The van der Waals surface area contributed by atoms with E-state index in [2.05, 4.69) is 30.7 Å². The first-order valence-electron chi connectivity index (χ1n) is 11.9. The molecule has 5 aromatic rings. The number of nitrogen functional groups attached to an aromatic ring is 1. The van der Waals surface area contributed by atoms with Crippen molar-refractivity contribution in [2.24, 2.45) is 0 Å². The minimum atomic E-state index is -4.45. The maximum absolute atomic E-state index is 13.4. The van der Waals surface area contributed by atoms with Crippen LogP contribution in [0.1, 0.15) is 18.6 Å². The van der Waals surface area contributed by atoms with Crippen LogP contribution in [0, 0.1) is 0 Å². The topological polar surface area (TPSA) is 150 Å². The van der Waals surface area contributed by atoms with Crippen LogP contribution in [0.25, 0.3) is 27.9 Å². The summed E-state index contributed by atoms with van der Waals surface area (Å²) in [5.74, 6) is -0.141. The fourth-order valence-corrected chi connectivity index (χ4v) is 4.66. The van der Waals surface area contributed by atoms with Gasteiger partial charge in [-0.15, -0.1) is 0 Å². The Labute approximate surface area is 218 Å². The number of alkyl halides is 3. The Morgan fingerprint density at radius 3 is 2.77 bits per heavy atom. The Morgan fingerprint density at radius 1 is 1.21 bits per heavy atom. The molecule has 0 unspecified atom stereocenters. The van der Waals surface area contributed by atoms with Gasteiger partial charge in [-0.25, -0.2) is 19.7 Å². The van der Waals surface area contributed by atoms with Gasteiger partial charge in [-0.2, -0.15) is 13.2 Å². The summed E-state index contributed by atoms with van der Waals surface area (Å²) in [4.78, 5) is 25.6. The molecule has 4 N–H and O–H groups in total. The number of methoxy groups -OCH3 is 1. The number of carbonyl (C=O) groups is 1. The summed E-state index contributed by atoms with van der Waals surface area (Å²) in [6.45, 7) is 1.01. The second kappa shape index (κ2) is 8.97. The molecule has 0 bridgehead atoms. The number of hydrogen-bond acceptors (Lipinski definition) is 8. The molecular weight excluding hydrogens is 519 g/mol. The van der Waals surface area contributed by atoms with E-state index < -0.39 is 17.6 Å². The molecule has 15 heteroatoms. The number of halogens is 3. The van der Waals surface area contributed by atoms with Gasteiger partial charge < -0.3 is 24.9 Å². The number of pyridine rings is 1. The zero-order valence-electron chi connectivity index (χ0n) is 20.5. The van der Waals surface area contributed by atoms with Crippen LogP contribution >= 0.6 is 0 Å². The lowest BCUT2D eigenvalue weighted by atomic mass is 10.0. The molecule has 1 saturated carbocycles. The first-order chi connectivity index (χ1) is 18.7. The molecule has 202 valence electrons. The molecule has 5 aromatic heterocycles. The normalized spacial score (nSPS) is 14.7. The highest BCUT2D eigenvalue weighted by atomic mass is 19.4. The summed E-state index contributed by atoms with van der Waals surface area (Å²) in [5, 5.41) is 9.32. The molecule has 2 amide bonds. The van der Waals surface area contributed by atoms with Crippen LogP contribution in [0.15, 0.2) is 47.6 Å². The van der Waals surface area contributed by atoms with E-state index in [1.807, 2.05) is 10.8 Å². The number of ether oxygens (including phenoxy) is 1. The Bertz CT molecular complexity index is 1700. The van der Waals surface area contributed by atoms with E-state index in [0.29, 0.717) is 41.3 Å². The maximum Gasteiger partial charge on any atom is 0.401 e. The molecule has 1 aliphatic rings. The van der Waals surface area contributed by atoms with Crippen molar-refractivity contribution in [3.63, 3.8) is 0 Å². The van der Waals surface area contributed by atoms with E-state index in [4.69, 9.17) is 15.0 Å². The van der Waals surface area contributed by atoms with Gasteiger partial charge in [0.2, 0.25) is 0 Å². The summed E-state index contributed by atoms with van der Waals surface area (Å²) < 4.78 is 53.9. The van der Waals surface area contributed by atoms with Crippen LogP contribution < -0.4 is 16.4 Å². The number of aromatic nitrogens is 6. The minimum absolute atomic E-state index is 0.0790. The molecule has 5 heterocycles. The fraction of sp³-hybridized carbons (Fsp3) is 0.292. The first-order valence-corrected chi connectivity index (χ1v) is 11.9. The third-order valence-electron chi connectivity index (χ3n) is 6.81. The lowest BCUT2D eigenvalue weighted by Crippen LogP contribution is -2.28. The summed E-state index contributed by atoms with van der Waals surface area (Å²) in [6, 6.07) is 3.81. The fourth-order valence-electron chi connectivity index (χ4n) is 4.66. The van der Waals surface area contributed by atoms with Crippen molar-refractivity contribution in [1.82, 2.24) is 29.1 Å². The van der Waals surface area contributed by atoms with Crippen LogP contribution in [-0.2, 0) is 16.7 Å². The number of rotatable bonds is 7. The van der Waals surface area contributed by atoms with Crippen molar-refractivity contribution in [3.8, 4) is 11.3 Å². The molecule has 1 aliphatic carbocycles. The Kier molecular flexibility index (Phi) is 5.67. The number of nitrogens with zero attached hydrogens (tertiary/aromatic N) is 6. The molecule has 0 aromatic carbocycles. The SMILES string of the molecule is COCCn1cc(-c2ccc(NC(=O)Nc3cc(C4(C(F)(F)F)CC4)on3)c3nccn23)c2c(N)ncnc21. The number of urea groups is 1. The van der Waals surface area contributed by atoms with Crippen molar-refractivity contribution in [3.05, 3.63) is 48.9 Å². The third kappa shape index (κ3) is 4.10. The minimum Gasteiger partial charge on any atom is -0.383 e.